The van der Waals surface area contributed by atoms with E-state index in [2.05, 4.69) is 5.10 Å². The van der Waals surface area contributed by atoms with Crippen molar-refractivity contribution in [1.29, 1.82) is 0 Å². The molecule has 1 radical (unpaired) electrons. The normalized spacial score (nSPS) is 11.9. The Morgan fingerprint density at radius 2 is 2.11 bits per heavy atom. The van der Waals surface area contributed by atoms with Gasteiger partial charge in [-0.1, -0.05) is 0 Å². The van der Waals surface area contributed by atoms with Crippen LogP contribution in [0.3, 0.4) is 0 Å². The summed E-state index contributed by atoms with van der Waals surface area (Å²) in [5.74, 6) is 0. The lowest BCUT2D eigenvalue weighted by molar-refractivity contribution is -0.212. The maximum atomic E-state index is 11.5. The van der Waals surface area contributed by atoms with Crippen molar-refractivity contribution in [2.75, 3.05) is 0 Å². The molecule has 1 heterocycles. The topological polar surface area (TPSA) is 17.8 Å². The van der Waals surface area contributed by atoms with Crippen molar-refractivity contribution in [3.05, 3.63) is 18.5 Å². The minimum Gasteiger partial charge on any atom is -0.178 e. The van der Waals surface area contributed by atoms with E-state index in [0.717, 1.165) is 12.3 Å². The van der Waals surface area contributed by atoms with E-state index in [9.17, 15) is 13.2 Å². The molecule has 2 nitrogen and oxygen atoms in total. The minimum atomic E-state index is -4.40. The highest BCUT2D eigenvalue weighted by atomic mass is 19.4. The maximum Gasteiger partial charge on any atom is 0.504 e. The Bertz CT molecular complexity index is 176. The van der Waals surface area contributed by atoms with Gasteiger partial charge >= 0.3 is 6.30 Å². The fourth-order valence-corrected chi connectivity index (χ4v) is 0.374. The highest BCUT2D eigenvalue weighted by molar-refractivity contribution is 4.76. The van der Waals surface area contributed by atoms with Crippen molar-refractivity contribution < 1.29 is 13.2 Å². The number of aromatic nitrogens is 2. The van der Waals surface area contributed by atoms with Gasteiger partial charge in [-0.05, 0) is 6.07 Å². The molecule has 0 N–H and O–H groups in total. The van der Waals surface area contributed by atoms with Crippen LogP contribution >= 0.6 is 0 Å². The van der Waals surface area contributed by atoms with Crippen molar-refractivity contribution in [3.63, 3.8) is 0 Å². The Balaban J connectivity index is 2.90. The molecule has 1 aromatic heterocycles. The standard InChI is InChI=1S/C4H2F3N2/c5-4(6,7)9-3-1-2-8-9/h1,3H. The second kappa shape index (κ2) is 1.75. The molecule has 0 unspecified atom stereocenters. The summed E-state index contributed by atoms with van der Waals surface area (Å²) in [6.07, 6.45) is -1.58. The second-order valence-corrected chi connectivity index (χ2v) is 1.36. The Morgan fingerprint density at radius 1 is 1.44 bits per heavy atom. The molecule has 0 aromatic carbocycles. The molecule has 1 rings (SSSR count). The van der Waals surface area contributed by atoms with E-state index >= 15 is 0 Å². The Kier molecular flexibility index (Phi) is 1.19. The lowest BCUT2D eigenvalue weighted by Crippen LogP contribution is -2.16. The number of alkyl halides is 3. The lowest BCUT2D eigenvalue weighted by atomic mass is 10.8. The zero-order valence-corrected chi connectivity index (χ0v) is 4.18. The highest BCUT2D eigenvalue weighted by Gasteiger charge is 2.30. The smallest absolute Gasteiger partial charge is 0.178 e. The van der Waals surface area contributed by atoms with Crippen molar-refractivity contribution in [2.24, 2.45) is 0 Å². The molecular weight excluding hydrogens is 133 g/mol. The van der Waals surface area contributed by atoms with E-state index in [1.807, 2.05) is 6.20 Å². The van der Waals surface area contributed by atoms with E-state index in [4.69, 9.17) is 0 Å². The first-order chi connectivity index (χ1) is 4.11. The molecule has 0 fully saturated rings. The van der Waals surface area contributed by atoms with Gasteiger partial charge in [0.05, 0.1) is 0 Å². The number of nitrogens with zero attached hydrogens (tertiary/aromatic N) is 2. The third-order valence-electron chi connectivity index (χ3n) is 0.716. The van der Waals surface area contributed by atoms with E-state index in [-0.39, 0.29) is 4.68 Å². The first-order valence-electron chi connectivity index (χ1n) is 2.09. The van der Waals surface area contributed by atoms with E-state index in [1.54, 1.807) is 0 Å². The van der Waals surface area contributed by atoms with Crippen LogP contribution in [0.1, 0.15) is 0 Å². The van der Waals surface area contributed by atoms with E-state index in [1.165, 1.54) is 0 Å². The number of halogens is 3. The van der Waals surface area contributed by atoms with Gasteiger partial charge in [0.25, 0.3) is 0 Å². The van der Waals surface area contributed by atoms with Crippen molar-refractivity contribution in [3.8, 4) is 0 Å². The largest absolute Gasteiger partial charge is 0.504 e. The Hall–Kier alpha value is -1.00. The fourth-order valence-electron chi connectivity index (χ4n) is 0.374. The van der Waals surface area contributed by atoms with Crippen LogP contribution in [0.5, 0.6) is 0 Å². The van der Waals surface area contributed by atoms with Gasteiger partial charge in [-0.3, -0.25) is 0 Å². The summed E-state index contributed by atoms with van der Waals surface area (Å²) < 4.78 is 34.4. The van der Waals surface area contributed by atoms with Crippen LogP contribution in [0, 0.1) is 6.20 Å². The van der Waals surface area contributed by atoms with Crippen LogP contribution in [0.4, 0.5) is 13.2 Å². The van der Waals surface area contributed by atoms with Gasteiger partial charge in [0.1, 0.15) is 6.20 Å². The molecule has 9 heavy (non-hydrogen) atoms. The van der Waals surface area contributed by atoms with Crippen LogP contribution in [0.2, 0.25) is 0 Å². The maximum absolute atomic E-state index is 11.5. The summed E-state index contributed by atoms with van der Waals surface area (Å²) in [6.45, 7) is 0. The minimum absolute atomic E-state index is 0.118. The van der Waals surface area contributed by atoms with Crippen LogP contribution in [-0.2, 0) is 6.30 Å². The quantitative estimate of drug-likeness (QED) is 0.521. The average Bonchev–Trinajstić information content (AvgIpc) is 2.08. The van der Waals surface area contributed by atoms with Crippen molar-refractivity contribution >= 4 is 0 Å². The zero-order valence-electron chi connectivity index (χ0n) is 4.18. The van der Waals surface area contributed by atoms with Gasteiger partial charge in [-0.2, -0.15) is 9.78 Å². The van der Waals surface area contributed by atoms with Gasteiger partial charge in [0.15, 0.2) is 0 Å². The predicted octanol–water partition coefficient (Wildman–Crippen LogP) is 1.16. The van der Waals surface area contributed by atoms with Gasteiger partial charge in [-0.25, -0.2) is 0 Å². The summed E-state index contributed by atoms with van der Waals surface area (Å²) in [6, 6.07) is 1.09. The number of hydrogen-bond acceptors (Lipinski definition) is 1. The molecule has 0 bridgehead atoms. The molecule has 0 aliphatic rings. The summed E-state index contributed by atoms with van der Waals surface area (Å²) in [4.78, 5) is 0. The van der Waals surface area contributed by atoms with E-state index < -0.39 is 6.30 Å². The van der Waals surface area contributed by atoms with Gasteiger partial charge in [0, 0.05) is 6.20 Å². The van der Waals surface area contributed by atoms with Crippen LogP contribution in [0.25, 0.3) is 0 Å². The molecule has 0 atom stereocenters. The SMILES string of the molecule is FC(F)(F)n1cc[c]n1. The van der Waals surface area contributed by atoms with Gasteiger partial charge < -0.3 is 0 Å². The third kappa shape index (κ3) is 1.22. The summed E-state index contributed by atoms with van der Waals surface area (Å²) in [5.41, 5.74) is 0. The molecule has 49 valence electrons. The van der Waals surface area contributed by atoms with Crippen molar-refractivity contribution in [2.45, 2.75) is 6.30 Å². The van der Waals surface area contributed by atoms with Crippen LogP contribution in [-0.4, -0.2) is 9.78 Å². The molecule has 0 amide bonds. The lowest BCUT2D eigenvalue weighted by Gasteiger charge is -2.02. The average molecular weight is 135 g/mol. The molecular formula is C4H2F3N2. The molecule has 0 aliphatic carbocycles. The molecule has 0 saturated carbocycles. The third-order valence-corrected chi connectivity index (χ3v) is 0.716. The first-order valence-corrected chi connectivity index (χ1v) is 2.09. The summed E-state index contributed by atoms with van der Waals surface area (Å²) >= 11 is 0. The van der Waals surface area contributed by atoms with E-state index in [0.29, 0.717) is 0 Å². The first kappa shape index (κ1) is 6.12. The number of hydrogen-bond donors (Lipinski definition) is 0. The Labute approximate surface area is 48.9 Å². The Morgan fingerprint density at radius 3 is 2.33 bits per heavy atom. The fraction of sp³-hybridized carbons (Fsp3) is 0.250. The predicted molar refractivity (Wildman–Crippen MR) is 22.4 cm³/mol. The van der Waals surface area contributed by atoms with Gasteiger partial charge in [-0.15, -0.1) is 13.2 Å². The monoisotopic (exact) mass is 135 g/mol. The van der Waals surface area contributed by atoms with Crippen LogP contribution in [0.15, 0.2) is 12.3 Å². The number of rotatable bonds is 0. The van der Waals surface area contributed by atoms with Crippen molar-refractivity contribution in [1.82, 2.24) is 9.78 Å². The molecule has 5 heteroatoms. The highest BCUT2D eigenvalue weighted by Crippen LogP contribution is 2.19. The summed E-state index contributed by atoms with van der Waals surface area (Å²) in [5, 5.41) is 2.85. The second-order valence-electron chi connectivity index (χ2n) is 1.36. The molecule has 0 aliphatic heterocycles. The molecule has 0 saturated heterocycles. The zero-order chi connectivity index (χ0) is 6.91. The van der Waals surface area contributed by atoms with Crippen LogP contribution < -0.4 is 0 Å². The summed E-state index contributed by atoms with van der Waals surface area (Å²) in [7, 11) is 0. The molecule has 0 spiro atoms. The molecule has 1 aromatic rings. The van der Waals surface area contributed by atoms with Gasteiger partial charge in [0.2, 0.25) is 0 Å².